The van der Waals surface area contributed by atoms with Crippen LogP contribution in [0.2, 0.25) is 0 Å². The second-order valence-corrected chi connectivity index (χ2v) is 6.01. The summed E-state index contributed by atoms with van der Waals surface area (Å²) in [7, 11) is 0. The summed E-state index contributed by atoms with van der Waals surface area (Å²) in [5, 5.41) is 1.55. The molecule has 2 aromatic carbocycles. The van der Waals surface area contributed by atoms with Crippen LogP contribution in [0.3, 0.4) is 0 Å². The molecule has 0 saturated carbocycles. The molecule has 6 nitrogen and oxygen atoms in total. The van der Waals surface area contributed by atoms with Gasteiger partial charge in [-0.15, -0.1) is 0 Å². The molecule has 27 heavy (non-hydrogen) atoms. The summed E-state index contributed by atoms with van der Waals surface area (Å²) in [6.45, 7) is 6.70. The van der Waals surface area contributed by atoms with Crippen LogP contribution in [0.4, 0.5) is 0 Å². The Morgan fingerprint density at radius 1 is 0.926 bits per heavy atom. The lowest BCUT2D eigenvalue weighted by Gasteiger charge is -2.07. The Hall–Kier alpha value is -3.67. The number of benzene rings is 2. The maximum Gasteiger partial charge on any atom is 0.343 e. The minimum Gasteiger partial charge on any atom is -0.428 e. The van der Waals surface area contributed by atoms with E-state index in [1.807, 2.05) is 0 Å². The van der Waals surface area contributed by atoms with E-state index in [1.165, 1.54) is 6.07 Å². The number of carbonyl (C=O) groups excluding carboxylic acids is 2. The smallest absolute Gasteiger partial charge is 0.343 e. The maximum absolute atomic E-state index is 12.3. The van der Waals surface area contributed by atoms with Crippen molar-refractivity contribution in [3.8, 4) is 11.5 Å². The van der Waals surface area contributed by atoms with Crippen LogP contribution in [0, 0.1) is 6.92 Å². The molecule has 0 spiro atoms. The number of fused-ring (bicyclic) bond motifs is 1. The average Bonchev–Trinajstić information content (AvgIpc) is 2.60. The zero-order valence-electron chi connectivity index (χ0n) is 14.8. The van der Waals surface area contributed by atoms with Gasteiger partial charge in [-0.3, -0.25) is 0 Å². The van der Waals surface area contributed by atoms with Crippen LogP contribution in [0.1, 0.15) is 23.0 Å². The second kappa shape index (κ2) is 7.29. The van der Waals surface area contributed by atoms with Crippen molar-refractivity contribution >= 4 is 22.7 Å². The van der Waals surface area contributed by atoms with Crippen LogP contribution in [-0.2, 0) is 4.79 Å². The number of rotatable bonds is 4. The molecule has 136 valence electrons. The van der Waals surface area contributed by atoms with Gasteiger partial charge in [-0.2, -0.15) is 0 Å². The van der Waals surface area contributed by atoms with Crippen LogP contribution in [0.5, 0.6) is 11.5 Å². The predicted octanol–water partition coefficient (Wildman–Crippen LogP) is 3.80. The van der Waals surface area contributed by atoms with Gasteiger partial charge in [0, 0.05) is 11.6 Å². The molecule has 0 aliphatic carbocycles. The molecule has 0 radical (unpaired) electrons. The molecule has 3 aromatic rings. The predicted molar refractivity (Wildman–Crippen MR) is 99.1 cm³/mol. The first-order valence-electron chi connectivity index (χ1n) is 8.07. The molecule has 3 rings (SSSR count). The summed E-state index contributed by atoms with van der Waals surface area (Å²) in [5.41, 5.74) is 0.0339. The molecular formula is C21H16O6. The van der Waals surface area contributed by atoms with E-state index in [0.29, 0.717) is 22.6 Å². The lowest BCUT2D eigenvalue weighted by Crippen LogP contribution is -2.10. The van der Waals surface area contributed by atoms with E-state index in [9.17, 15) is 14.4 Å². The van der Waals surface area contributed by atoms with Gasteiger partial charge < -0.3 is 13.9 Å². The van der Waals surface area contributed by atoms with E-state index in [2.05, 4.69) is 6.58 Å². The highest BCUT2D eigenvalue weighted by Crippen LogP contribution is 2.23. The van der Waals surface area contributed by atoms with Crippen LogP contribution >= 0.6 is 0 Å². The van der Waals surface area contributed by atoms with Gasteiger partial charge in [0.15, 0.2) is 0 Å². The lowest BCUT2D eigenvalue weighted by atomic mass is 10.1. The van der Waals surface area contributed by atoms with Crippen LogP contribution < -0.4 is 15.1 Å². The Morgan fingerprint density at radius 3 is 2.33 bits per heavy atom. The average molecular weight is 364 g/mol. The minimum absolute atomic E-state index is 0.121. The molecule has 0 fully saturated rings. The number of aryl methyl sites for hydroxylation is 1. The van der Waals surface area contributed by atoms with Crippen molar-refractivity contribution < 1.29 is 23.5 Å². The van der Waals surface area contributed by atoms with Crippen LogP contribution in [0.15, 0.2) is 69.9 Å². The zero-order valence-corrected chi connectivity index (χ0v) is 14.8. The Morgan fingerprint density at radius 2 is 1.63 bits per heavy atom. The molecule has 0 N–H and O–H groups in total. The van der Waals surface area contributed by atoms with E-state index >= 15 is 0 Å². The molecule has 1 aromatic heterocycles. The summed E-state index contributed by atoms with van der Waals surface area (Å²) < 4.78 is 15.3. The summed E-state index contributed by atoms with van der Waals surface area (Å²) in [6, 6.07) is 12.6. The highest BCUT2D eigenvalue weighted by Gasteiger charge is 2.12. The number of ether oxygens (including phenoxy) is 2. The van der Waals surface area contributed by atoms with Gasteiger partial charge in [0.25, 0.3) is 0 Å². The quantitative estimate of drug-likeness (QED) is 0.398. The third-order valence-electron chi connectivity index (χ3n) is 3.68. The third-order valence-corrected chi connectivity index (χ3v) is 3.68. The molecule has 1 heterocycles. The lowest BCUT2D eigenvalue weighted by molar-refractivity contribution is -0.130. The summed E-state index contributed by atoms with van der Waals surface area (Å²) in [4.78, 5) is 35.3. The van der Waals surface area contributed by atoms with E-state index in [0.717, 1.165) is 16.8 Å². The molecular weight excluding hydrogens is 348 g/mol. The first-order valence-corrected chi connectivity index (χ1v) is 8.07. The molecule has 0 unspecified atom stereocenters. The molecule has 0 aliphatic rings. The van der Waals surface area contributed by atoms with E-state index in [-0.39, 0.29) is 5.75 Å². The zero-order chi connectivity index (χ0) is 19.6. The van der Waals surface area contributed by atoms with Crippen LogP contribution in [0.25, 0.3) is 10.8 Å². The third kappa shape index (κ3) is 4.30. The first kappa shape index (κ1) is 18.1. The fourth-order valence-corrected chi connectivity index (χ4v) is 2.41. The molecule has 0 bridgehead atoms. The molecule has 0 aliphatic heterocycles. The number of hydrogen-bond donors (Lipinski definition) is 0. The second-order valence-electron chi connectivity index (χ2n) is 6.01. The van der Waals surface area contributed by atoms with Crippen molar-refractivity contribution in [1.29, 1.82) is 0 Å². The standard InChI is InChI=1S/C21H16O6/c1-12(2)20(23)26-17-7-6-14-9-16(5-4-15(14)10-17)21(24)27-18-8-13(3)25-19(22)11-18/h4-11H,1H2,2-3H3. The van der Waals surface area contributed by atoms with Crippen molar-refractivity contribution in [2.45, 2.75) is 13.8 Å². The molecule has 0 saturated heterocycles. The van der Waals surface area contributed by atoms with Crippen molar-refractivity contribution in [2.75, 3.05) is 0 Å². The Labute approximate surface area is 154 Å². The molecule has 6 heteroatoms. The van der Waals surface area contributed by atoms with Gasteiger partial charge in [0.2, 0.25) is 0 Å². The normalized spacial score (nSPS) is 10.4. The van der Waals surface area contributed by atoms with Crippen molar-refractivity contribution in [1.82, 2.24) is 0 Å². The fourth-order valence-electron chi connectivity index (χ4n) is 2.41. The highest BCUT2D eigenvalue weighted by molar-refractivity contribution is 5.97. The number of hydrogen-bond acceptors (Lipinski definition) is 6. The SMILES string of the molecule is C=C(C)C(=O)Oc1ccc2cc(C(=O)Oc3cc(C)oc(=O)c3)ccc2c1. The van der Waals surface area contributed by atoms with E-state index in [4.69, 9.17) is 13.9 Å². The van der Waals surface area contributed by atoms with Gasteiger partial charge in [-0.1, -0.05) is 18.7 Å². The van der Waals surface area contributed by atoms with Gasteiger partial charge in [-0.05, 0) is 48.9 Å². The van der Waals surface area contributed by atoms with E-state index < -0.39 is 17.6 Å². The summed E-state index contributed by atoms with van der Waals surface area (Å²) >= 11 is 0. The maximum atomic E-state index is 12.3. The summed E-state index contributed by atoms with van der Waals surface area (Å²) in [6.07, 6.45) is 0. The monoisotopic (exact) mass is 364 g/mol. The molecule has 0 amide bonds. The van der Waals surface area contributed by atoms with E-state index in [1.54, 1.807) is 50.2 Å². The largest absolute Gasteiger partial charge is 0.428 e. The first-order chi connectivity index (χ1) is 12.8. The topological polar surface area (TPSA) is 82.8 Å². The van der Waals surface area contributed by atoms with Gasteiger partial charge in [-0.25, -0.2) is 14.4 Å². The Kier molecular flexibility index (Phi) is 4.90. The van der Waals surface area contributed by atoms with Crippen molar-refractivity contribution in [3.63, 3.8) is 0 Å². The van der Waals surface area contributed by atoms with Crippen molar-refractivity contribution in [3.05, 3.63) is 82.4 Å². The van der Waals surface area contributed by atoms with Gasteiger partial charge >= 0.3 is 17.6 Å². The van der Waals surface area contributed by atoms with Crippen molar-refractivity contribution in [2.24, 2.45) is 0 Å². The number of carbonyl (C=O) groups is 2. The minimum atomic E-state index is -0.598. The van der Waals surface area contributed by atoms with Gasteiger partial charge in [0.1, 0.15) is 17.3 Å². The van der Waals surface area contributed by atoms with Crippen LogP contribution in [-0.4, -0.2) is 11.9 Å². The Balaban J connectivity index is 1.83. The summed E-state index contributed by atoms with van der Waals surface area (Å²) in [5.74, 6) is -0.245. The molecule has 0 atom stereocenters. The highest BCUT2D eigenvalue weighted by atomic mass is 16.5. The fraction of sp³-hybridized carbons (Fsp3) is 0.0952. The Bertz CT molecular complexity index is 1120. The van der Waals surface area contributed by atoms with Gasteiger partial charge in [0.05, 0.1) is 11.6 Å². The number of esters is 2.